The highest BCUT2D eigenvalue weighted by atomic mass is 32.1. The van der Waals surface area contributed by atoms with Crippen molar-refractivity contribution >= 4 is 28.2 Å². The van der Waals surface area contributed by atoms with Gasteiger partial charge < -0.3 is 15.4 Å². The van der Waals surface area contributed by atoms with Gasteiger partial charge in [0.05, 0.1) is 13.2 Å². The molecule has 0 aliphatic carbocycles. The van der Waals surface area contributed by atoms with Crippen molar-refractivity contribution in [3.05, 3.63) is 35.5 Å². The van der Waals surface area contributed by atoms with Gasteiger partial charge in [-0.25, -0.2) is 9.97 Å². The van der Waals surface area contributed by atoms with Crippen molar-refractivity contribution in [3.8, 4) is 0 Å². The molecule has 1 fully saturated rings. The van der Waals surface area contributed by atoms with Crippen LogP contribution in [0.2, 0.25) is 0 Å². The molecule has 146 valence electrons. The minimum absolute atomic E-state index is 0.0392. The summed E-state index contributed by atoms with van der Waals surface area (Å²) in [7, 11) is 1.64. The highest BCUT2D eigenvalue weighted by Gasteiger charge is 2.23. The fraction of sp³-hybridized carbons (Fsp3) is 0.526. The number of aromatic nitrogens is 2. The molecule has 2 aromatic rings. The van der Waals surface area contributed by atoms with Crippen LogP contribution in [0.25, 0.3) is 0 Å². The van der Waals surface area contributed by atoms with Crippen molar-refractivity contribution in [1.82, 2.24) is 20.2 Å². The number of hydrogen-bond donors (Lipinski definition) is 2. The van der Waals surface area contributed by atoms with Crippen molar-refractivity contribution in [1.29, 1.82) is 0 Å². The van der Waals surface area contributed by atoms with Gasteiger partial charge in [-0.05, 0) is 45.0 Å². The third-order valence-electron chi connectivity index (χ3n) is 4.64. The Labute approximate surface area is 164 Å². The monoisotopic (exact) mass is 389 g/mol. The van der Waals surface area contributed by atoms with Crippen LogP contribution in [0.15, 0.2) is 29.8 Å². The number of anilines is 2. The first-order valence-corrected chi connectivity index (χ1v) is 10.2. The molecule has 3 heterocycles. The number of nitrogens with zero attached hydrogens (tertiary/aromatic N) is 3. The van der Waals surface area contributed by atoms with Gasteiger partial charge in [-0.3, -0.25) is 9.69 Å². The van der Waals surface area contributed by atoms with Crippen molar-refractivity contribution in [2.75, 3.05) is 38.7 Å². The summed E-state index contributed by atoms with van der Waals surface area (Å²) in [4.78, 5) is 23.3. The molecular formula is C19H27N5O2S. The second-order valence-electron chi connectivity index (χ2n) is 6.88. The zero-order chi connectivity index (χ0) is 19.1. The summed E-state index contributed by atoms with van der Waals surface area (Å²) in [5, 5.41) is 9.01. The normalized spacial score (nSPS) is 16.8. The first-order chi connectivity index (χ1) is 13.1. The van der Waals surface area contributed by atoms with E-state index >= 15 is 0 Å². The van der Waals surface area contributed by atoms with Gasteiger partial charge in [0.25, 0.3) is 0 Å². The molecule has 0 aromatic carbocycles. The quantitative estimate of drug-likeness (QED) is 0.723. The van der Waals surface area contributed by atoms with Gasteiger partial charge in [-0.1, -0.05) is 6.07 Å². The topological polar surface area (TPSA) is 79.4 Å². The Morgan fingerprint density at radius 3 is 2.93 bits per heavy atom. The Hall–Kier alpha value is -2.03. The number of pyridine rings is 1. The minimum Gasteiger partial charge on any atom is -0.383 e. The van der Waals surface area contributed by atoms with E-state index in [2.05, 4.69) is 26.6 Å². The van der Waals surface area contributed by atoms with Crippen molar-refractivity contribution < 1.29 is 9.53 Å². The standard InChI is InChI=1S/C19H27N5O2S/c1-14(13-26-2)21-18(25)12-24-9-6-15(7-10-24)16-4-3-5-17(22-16)23-19-20-8-11-27-19/h3-5,8,11,14-15H,6-7,9-10,12-13H2,1-2H3,(H,21,25)(H,20,22,23). The van der Waals surface area contributed by atoms with Gasteiger partial charge in [0.1, 0.15) is 5.82 Å². The van der Waals surface area contributed by atoms with Gasteiger partial charge in [0.2, 0.25) is 5.91 Å². The van der Waals surface area contributed by atoms with Crippen molar-refractivity contribution in [2.24, 2.45) is 0 Å². The number of piperidine rings is 1. The summed E-state index contributed by atoms with van der Waals surface area (Å²) >= 11 is 1.56. The maximum Gasteiger partial charge on any atom is 0.234 e. The second-order valence-corrected chi connectivity index (χ2v) is 7.78. The second kappa shape index (κ2) is 9.77. The summed E-state index contributed by atoms with van der Waals surface area (Å²) in [5.74, 6) is 1.32. The minimum atomic E-state index is 0.0392. The molecule has 1 unspecified atom stereocenters. The molecule has 8 heteroatoms. The molecular weight excluding hydrogens is 362 g/mol. The van der Waals surface area contributed by atoms with Gasteiger partial charge in [0.15, 0.2) is 5.13 Å². The number of thiazole rings is 1. The number of nitrogens with one attached hydrogen (secondary N) is 2. The predicted octanol–water partition coefficient (Wildman–Crippen LogP) is 2.61. The van der Waals surface area contributed by atoms with E-state index in [-0.39, 0.29) is 11.9 Å². The van der Waals surface area contributed by atoms with Crippen molar-refractivity contribution in [3.63, 3.8) is 0 Å². The molecule has 2 N–H and O–H groups in total. The van der Waals surface area contributed by atoms with Gasteiger partial charge >= 0.3 is 0 Å². The SMILES string of the molecule is COCC(C)NC(=O)CN1CCC(c2cccc(Nc3nccs3)n2)CC1. The van der Waals surface area contributed by atoms with Crippen LogP contribution < -0.4 is 10.6 Å². The van der Waals surface area contributed by atoms with E-state index in [1.54, 1.807) is 24.6 Å². The summed E-state index contributed by atoms with van der Waals surface area (Å²) in [6.45, 7) is 4.74. The van der Waals surface area contributed by atoms with E-state index in [0.717, 1.165) is 42.6 Å². The number of likely N-dealkylation sites (tertiary alicyclic amines) is 1. The van der Waals surface area contributed by atoms with Crippen LogP contribution in [0.4, 0.5) is 10.9 Å². The van der Waals surface area contributed by atoms with E-state index < -0.39 is 0 Å². The van der Waals surface area contributed by atoms with E-state index in [4.69, 9.17) is 9.72 Å². The number of amides is 1. The summed E-state index contributed by atoms with van der Waals surface area (Å²) in [5.41, 5.74) is 1.11. The molecule has 7 nitrogen and oxygen atoms in total. The number of hydrogen-bond acceptors (Lipinski definition) is 7. The Balaban J connectivity index is 1.48. The van der Waals surface area contributed by atoms with E-state index in [1.165, 1.54) is 0 Å². The maximum absolute atomic E-state index is 12.1. The summed E-state index contributed by atoms with van der Waals surface area (Å²) in [6, 6.07) is 6.13. The third kappa shape index (κ3) is 5.98. The summed E-state index contributed by atoms with van der Waals surface area (Å²) < 4.78 is 5.06. The van der Waals surface area contributed by atoms with Crippen LogP contribution in [0.1, 0.15) is 31.4 Å². The van der Waals surface area contributed by atoms with Crippen LogP contribution in [0, 0.1) is 0 Å². The average Bonchev–Trinajstić information content (AvgIpc) is 3.15. The Kier molecular flexibility index (Phi) is 7.14. The van der Waals surface area contributed by atoms with Gasteiger partial charge in [0, 0.05) is 36.3 Å². The van der Waals surface area contributed by atoms with E-state index in [9.17, 15) is 4.79 Å². The summed E-state index contributed by atoms with van der Waals surface area (Å²) in [6.07, 6.45) is 3.79. The first-order valence-electron chi connectivity index (χ1n) is 9.28. The lowest BCUT2D eigenvalue weighted by molar-refractivity contribution is -0.123. The molecule has 1 amide bonds. The molecule has 0 spiro atoms. The molecule has 0 bridgehead atoms. The van der Waals surface area contributed by atoms with Gasteiger partial charge in [-0.2, -0.15) is 0 Å². The van der Waals surface area contributed by atoms with Crippen molar-refractivity contribution in [2.45, 2.75) is 31.7 Å². The van der Waals surface area contributed by atoms with Crippen LogP contribution >= 0.6 is 11.3 Å². The Morgan fingerprint density at radius 1 is 1.41 bits per heavy atom. The predicted molar refractivity (Wildman–Crippen MR) is 108 cm³/mol. The fourth-order valence-electron chi connectivity index (χ4n) is 3.35. The lowest BCUT2D eigenvalue weighted by Crippen LogP contribution is -2.44. The van der Waals surface area contributed by atoms with Crippen LogP contribution in [-0.4, -0.2) is 60.2 Å². The molecule has 0 saturated carbocycles. The van der Waals surface area contributed by atoms with E-state index in [0.29, 0.717) is 19.1 Å². The average molecular weight is 390 g/mol. The molecule has 1 aliphatic rings. The van der Waals surface area contributed by atoms with Crippen LogP contribution in [-0.2, 0) is 9.53 Å². The zero-order valence-corrected chi connectivity index (χ0v) is 16.7. The largest absolute Gasteiger partial charge is 0.383 e. The Bertz CT molecular complexity index is 717. The molecule has 1 aliphatic heterocycles. The van der Waals surface area contributed by atoms with E-state index in [1.807, 2.05) is 24.4 Å². The molecule has 27 heavy (non-hydrogen) atoms. The molecule has 0 radical (unpaired) electrons. The fourth-order valence-corrected chi connectivity index (χ4v) is 3.88. The molecule has 3 rings (SSSR count). The zero-order valence-electron chi connectivity index (χ0n) is 15.9. The number of carbonyl (C=O) groups is 1. The Morgan fingerprint density at radius 2 is 2.22 bits per heavy atom. The lowest BCUT2D eigenvalue weighted by atomic mass is 9.93. The molecule has 1 saturated heterocycles. The highest BCUT2D eigenvalue weighted by molar-refractivity contribution is 7.13. The highest BCUT2D eigenvalue weighted by Crippen LogP contribution is 2.28. The number of methoxy groups -OCH3 is 1. The smallest absolute Gasteiger partial charge is 0.234 e. The third-order valence-corrected chi connectivity index (χ3v) is 5.32. The maximum atomic E-state index is 12.1. The van der Waals surface area contributed by atoms with Crippen LogP contribution in [0.5, 0.6) is 0 Å². The number of ether oxygens (including phenoxy) is 1. The molecule has 2 aromatic heterocycles. The molecule has 1 atom stereocenters. The first kappa shape index (κ1) is 19.7. The number of rotatable bonds is 8. The van der Waals surface area contributed by atoms with Gasteiger partial charge in [-0.15, -0.1) is 11.3 Å². The lowest BCUT2D eigenvalue weighted by Gasteiger charge is -2.31. The van der Waals surface area contributed by atoms with Crippen LogP contribution in [0.3, 0.4) is 0 Å². The number of carbonyl (C=O) groups excluding carboxylic acids is 1.